The zero-order valence-corrected chi connectivity index (χ0v) is 16.6. The van der Waals surface area contributed by atoms with Gasteiger partial charge >= 0.3 is 0 Å². The molecular weight excluding hydrogens is 432 g/mol. The van der Waals surface area contributed by atoms with Crippen LogP contribution in [0.1, 0.15) is 11.3 Å². The van der Waals surface area contributed by atoms with Crippen molar-refractivity contribution in [3.05, 3.63) is 69.6 Å². The van der Waals surface area contributed by atoms with E-state index in [0.29, 0.717) is 27.7 Å². The van der Waals surface area contributed by atoms with Crippen LogP contribution in [0.5, 0.6) is 17.2 Å². The molecule has 3 N–H and O–H groups in total. The van der Waals surface area contributed by atoms with Gasteiger partial charge in [0.2, 0.25) is 0 Å². The molecule has 0 bridgehead atoms. The third-order valence-corrected chi connectivity index (χ3v) is 4.68. The van der Waals surface area contributed by atoms with Gasteiger partial charge in [0.1, 0.15) is 40.5 Å². The van der Waals surface area contributed by atoms with Crippen LogP contribution >= 0.6 is 23.2 Å². The van der Waals surface area contributed by atoms with E-state index in [1.807, 2.05) is 6.07 Å². The van der Waals surface area contributed by atoms with E-state index >= 15 is 0 Å². The summed E-state index contributed by atoms with van der Waals surface area (Å²) in [5.74, 6) is 0.0879. The summed E-state index contributed by atoms with van der Waals surface area (Å²) < 4.78 is 25.6. The number of nitrogens with two attached hydrogens (primary N) is 1. The molecule has 30 heavy (non-hydrogen) atoms. The number of nitrogens with one attached hydrogen (secondary N) is 1. The number of H-pyrrole nitrogens is 1. The summed E-state index contributed by atoms with van der Waals surface area (Å²) in [6.45, 7) is 0.0282. The van der Waals surface area contributed by atoms with Crippen LogP contribution in [0.15, 0.2) is 42.5 Å². The van der Waals surface area contributed by atoms with E-state index in [9.17, 15) is 4.39 Å². The van der Waals surface area contributed by atoms with Crippen molar-refractivity contribution in [1.82, 2.24) is 15.2 Å². The molecule has 7 nitrogen and oxygen atoms in total. The van der Waals surface area contributed by atoms with Gasteiger partial charge in [-0.2, -0.15) is 10.4 Å². The van der Waals surface area contributed by atoms with E-state index in [1.165, 1.54) is 24.3 Å². The first-order chi connectivity index (χ1) is 14.4. The Morgan fingerprint density at radius 1 is 1.13 bits per heavy atom. The molecule has 150 valence electrons. The Hall–Kier alpha value is -3.54. The minimum Gasteiger partial charge on any atom is -0.485 e. The molecule has 0 aliphatic heterocycles. The predicted octanol–water partition coefficient (Wildman–Crippen LogP) is 5.23. The molecule has 4 aromatic rings. The third kappa shape index (κ3) is 4.08. The van der Waals surface area contributed by atoms with Gasteiger partial charge in [-0.05, 0) is 30.3 Å². The molecule has 0 aliphatic carbocycles. The van der Waals surface area contributed by atoms with Crippen molar-refractivity contribution in [3.8, 4) is 23.3 Å². The molecule has 0 unspecified atom stereocenters. The third-order valence-electron chi connectivity index (χ3n) is 4.10. The van der Waals surface area contributed by atoms with Crippen LogP contribution in [0.3, 0.4) is 0 Å². The molecule has 0 aliphatic rings. The van der Waals surface area contributed by atoms with Crippen molar-refractivity contribution >= 4 is 40.1 Å². The average molecular weight is 444 g/mol. The van der Waals surface area contributed by atoms with E-state index < -0.39 is 5.82 Å². The fourth-order valence-corrected chi connectivity index (χ4v) is 3.14. The lowest BCUT2D eigenvalue weighted by Crippen LogP contribution is -1.99. The SMILES string of the molecule is N#Cc1cc(Cl)cc(Oc2cc(F)c(Cl)c(OCc3[nH]nc4nc(N)ccc34)c2)c1. The molecule has 4 rings (SSSR count). The Kier molecular flexibility index (Phi) is 5.31. The maximum absolute atomic E-state index is 14.3. The summed E-state index contributed by atoms with van der Waals surface area (Å²) in [5.41, 5.74) is 7.02. The summed E-state index contributed by atoms with van der Waals surface area (Å²) in [5, 5.41) is 16.8. The van der Waals surface area contributed by atoms with E-state index in [2.05, 4.69) is 15.2 Å². The Bertz CT molecular complexity index is 1300. The largest absolute Gasteiger partial charge is 0.485 e. The number of aromatic nitrogens is 3. The molecule has 10 heteroatoms. The van der Waals surface area contributed by atoms with Crippen molar-refractivity contribution in [2.45, 2.75) is 6.61 Å². The number of nitrogen functional groups attached to an aromatic ring is 1. The number of rotatable bonds is 5. The molecule has 0 radical (unpaired) electrons. The first-order valence-corrected chi connectivity index (χ1v) is 9.28. The van der Waals surface area contributed by atoms with Crippen LogP contribution in [-0.4, -0.2) is 15.2 Å². The fraction of sp³-hybridized carbons (Fsp3) is 0.0500. The number of aromatic amines is 1. The number of benzene rings is 2. The standard InChI is InChI=1S/C20H12Cl2FN5O2/c21-11-3-10(8-24)4-12(5-11)30-13-6-15(23)19(22)17(7-13)29-9-16-14-1-2-18(25)26-20(14)28-27-16/h1-7H,9H2,(H3,25,26,27,28). The topological polar surface area (TPSA) is 110 Å². The van der Waals surface area contributed by atoms with Gasteiger partial charge in [-0.1, -0.05) is 23.2 Å². The number of nitriles is 1. The summed E-state index contributed by atoms with van der Waals surface area (Å²) in [6.07, 6.45) is 0. The summed E-state index contributed by atoms with van der Waals surface area (Å²) in [6, 6.07) is 12.4. The van der Waals surface area contributed by atoms with Crippen molar-refractivity contribution < 1.29 is 13.9 Å². The summed E-state index contributed by atoms with van der Waals surface area (Å²) >= 11 is 12.0. The molecule has 2 aromatic carbocycles. The molecular formula is C20H12Cl2FN5O2. The second-order valence-electron chi connectivity index (χ2n) is 6.20. The van der Waals surface area contributed by atoms with Crippen molar-refractivity contribution in [3.63, 3.8) is 0 Å². The quantitative estimate of drug-likeness (QED) is 0.436. The molecule has 0 saturated heterocycles. The van der Waals surface area contributed by atoms with Gasteiger partial charge < -0.3 is 15.2 Å². The van der Waals surface area contributed by atoms with Crippen LogP contribution in [0.25, 0.3) is 11.0 Å². The molecule has 0 spiro atoms. The van der Waals surface area contributed by atoms with E-state index in [-0.39, 0.29) is 28.9 Å². The van der Waals surface area contributed by atoms with Gasteiger partial charge in [0.05, 0.1) is 17.3 Å². The maximum atomic E-state index is 14.3. The summed E-state index contributed by atoms with van der Waals surface area (Å²) in [7, 11) is 0. The number of hydrogen-bond donors (Lipinski definition) is 2. The van der Waals surface area contributed by atoms with E-state index in [1.54, 1.807) is 12.1 Å². The second kappa shape index (κ2) is 8.06. The van der Waals surface area contributed by atoms with Gasteiger partial charge in [0, 0.05) is 22.5 Å². The Labute approximate surface area is 179 Å². The van der Waals surface area contributed by atoms with Gasteiger partial charge in [0.15, 0.2) is 5.65 Å². The zero-order chi connectivity index (χ0) is 21.3. The number of anilines is 1. The van der Waals surface area contributed by atoms with Gasteiger partial charge in [-0.3, -0.25) is 5.10 Å². The van der Waals surface area contributed by atoms with Crippen molar-refractivity contribution in [1.29, 1.82) is 5.26 Å². The van der Waals surface area contributed by atoms with Gasteiger partial charge in [0.25, 0.3) is 0 Å². The monoisotopic (exact) mass is 443 g/mol. The van der Waals surface area contributed by atoms with Gasteiger partial charge in [-0.15, -0.1) is 0 Å². The molecule has 0 fully saturated rings. The maximum Gasteiger partial charge on any atom is 0.183 e. The number of nitrogens with zero attached hydrogens (tertiary/aromatic N) is 3. The highest BCUT2D eigenvalue weighted by atomic mass is 35.5. The number of fused-ring (bicyclic) bond motifs is 1. The van der Waals surface area contributed by atoms with Crippen LogP contribution in [0.4, 0.5) is 10.2 Å². The minimum absolute atomic E-state index is 0.0282. The highest BCUT2D eigenvalue weighted by Crippen LogP contribution is 2.35. The number of halogens is 3. The smallest absolute Gasteiger partial charge is 0.183 e. The van der Waals surface area contributed by atoms with Crippen LogP contribution < -0.4 is 15.2 Å². The number of ether oxygens (including phenoxy) is 2. The molecule has 0 atom stereocenters. The highest BCUT2D eigenvalue weighted by Gasteiger charge is 2.14. The summed E-state index contributed by atoms with van der Waals surface area (Å²) in [4.78, 5) is 4.11. The van der Waals surface area contributed by atoms with Crippen molar-refractivity contribution in [2.24, 2.45) is 0 Å². The van der Waals surface area contributed by atoms with Gasteiger partial charge in [-0.25, -0.2) is 9.37 Å². The zero-order valence-electron chi connectivity index (χ0n) is 15.1. The molecule has 2 heterocycles. The first-order valence-electron chi connectivity index (χ1n) is 8.53. The Morgan fingerprint density at radius 3 is 2.73 bits per heavy atom. The normalized spacial score (nSPS) is 10.7. The minimum atomic E-state index is -0.726. The predicted molar refractivity (Wildman–Crippen MR) is 110 cm³/mol. The highest BCUT2D eigenvalue weighted by molar-refractivity contribution is 6.32. The van der Waals surface area contributed by atoms with Crippen molar-refractivity contribution in [2.75, 3.05) is 5.73 Å². The average Bonchev–Trinajstić information content (AvgIpc) is 3.11. The lowest BCUT2D eigenvalue weighted by atomic mass is 10.2. The molecule has 2 aromatic heterocycles. The lowest BCUT2D eigenvalue weighted by molar-refractivity contribution is 0.299. The number of hydrogen-bond acceptors (Lipinski definition) is 6. The Morgan fingerprint density at radius 2 is 1.93 bits per heavy atom. The van der Waals surface area contributed by atoms with Crippen LogP contribution in [0, 0.1) is 17.1 Å². The Balaban J connectivity index is 1.58. The van der Waals surface area contributed by atoms with Crippen LogP contribution in [-0.2, 0) is 6.61 Å². The number of pyridine rings is 1. The molecule has 0 amide bonds. The second-order valence-corrected chi connectivity index (χ2v) is 7.02. The van der Waals surface area contributed by atoms with Crippen LogP contribution in [0.2, 0.25) is 10.0 Å². The molecule has 0 saturated carbocycles. The fourth-order valence-electron chi connectivity index (χ4n) is 2.75. The van der Waals surface area contributed by atoms with E-state index in [4.69, 9.17) is 43.7 Å². The first kappa shape index (κ1) is 19.8. The van der Waals surface area contributed by atoms with E-state index in [0.717, 1.165) is 11.5 Å². The lowest BCUT2D eigenvalue weighted by Gasteiger charge is -2.12.